The van der Waals surface area contributed by atoms with Crippen LogP contribution in [-0.2, 0) is 6.54 Å². The fourth-order valence-corrected chi connectivity index (χ4v) is 2.66. The maximum absolute atomic E-state index is 13.6. The van der Waals surface area contributed by atoms with Crippen LogP contribution in [0.2, 0.25) is 0 Å². The highest BCUT2D eigenvalue weighted by atomic mass is 32.1. The van der Waals surface area contributed by atoms with Gasteiger partial charge in [0.15, 0.2) is 0 Å². The Morgan fingerprint density at radius 3 is 2.81 bits per heavy atom. The van der Waals surface area contributed by atoms with Crippen molar-refractivity contribution in [2.24, 2.45) is 0 Å². The summed E-state index contributed by atoms with van der Waals surface area (Å²) in [6, 6.07) is 9.24. The van der Waals surface area contributed by atoms with Gasteiger partial charge in [0.05, 0.1) is 0 Å². The predicted octanol–water partition coefficient (Wildman–Crippen LogP) is 3.58. The van der Waals surface area contributed by atoms with Crippen LogP contribution in [0.4, 0.5) is 4.39 Å². The standard InChI is InChI=1S/C13H14FNS/c1-9-3-5-12(14)11(7-9)13-6-4-10(16-13)8-15-2/h3-7,15H,8H2,1-2H3. The van der Waals surface area contributed by atoms with Crippen molar-refractivity contribution >= 4 is 11.3 Å². The van der Waals surface area contributed by atoms with E-state index in [2.05, 4.69) is 5.32 Å². The molecule has 0 saturated heterocycles. The molecule has 2 aromatic rings. The van der Waals surface area contributed by atoms with Crippen molar-refractivity contribution < 1.29 is 4.39 Å². The first-order chi connectivity index (χ1) is 7.70. The second-order valence-electron chi connectivity index (χ2n) is 3.78. The second-order valence-corrected chi connectivity index (χ2v) is 4.95. The fraction of sp³-hybridized carbons (Fsp3) is 0.231. The monoisotopic (exact) mass is 235 g/mol. The van der Waals surface area contributed by atoms with Gasteiger partial charge in [-0.3, -0.25) is 0 Å². The van der Waals surface area contributed by atoms with Crippen LogP contribution in [0.25, 0.3) is 10.4 Å². The highest BCUT2D eigenvalue weighted by Crippen LogP contribution is 2.30. The van der Waals surface area contributed by atoms with Gasteiger partial charge in [-0.1, -0.05) is 11.6 Å². The first kappa shape index (κ1) is 11.3. The van der Waals surface area contributed by atoms with Gasteiger partial charge >= 0.3 is 0 Å². The van der Waals surface area contributed by atoms with Gasteiger partial charge in [0.2, 0.25) is 0 Å². The van der Waals surface area contributed by atoms with Crippen molar-refractivity contribution in [3.63, 3.8) is 0 Å². The average molecular weight is 235 g/mol. The molecule has 0 fully saturated rings. The van der Waals surface area contributed by atoms with Crippen LogP contribution in [0, 0.1) is 12.7 Å². The van der Waals surface area contributed by atoms with Crippen molar-refractivity contribution in [2.45, 2.75) is 13.5 Å². The van der Waals surface area contributed by atoms with Crippen molar-refractivity contribution in [1.29, 1.82) is 0 Å². The van der Waals surface area contributed by atoms with Crippen LogP contribution in [0.5, 0.6) is 0 Å². The number of rotatable bonds is 3. The van der Waals surface area contributed by atoms with Crippen molar-refractivity contribution in [2.75, 3.05) is 7.05 Å². The molecule has 0 radical (unpaired) electrons. The summed E-state index contributed by atoms with van der Waals surface area (Å²) in [6.45, 7) is 2.81. The van der Waals surface area contributed by atoms with E-state index in [0.29, 0.717) is 5.56 Å². The summed E-state index contributed by atoms with van der Waals surface area (Å²) >= 11 is 1.63. The normalized spacial score (nSPS) is 10.7. The average Bonchev–Trinajstić information content (AvgIpc) is 2.71. The third kappa shape index (κ3) is 2.31. The molecule has 3 heteroatoms. The van der Waals surface area contributed by atoms with E-state index in [1.807, 2.05) is 32.2 Å². The van der Waals surface area contributed by atoms with Gasteiger partial charge in [-0.2, -0.15) is 0 Å². The zero-order valence-electron chi connectivity index (χ0n) is 9.38. The molecular weight excluding hydrogens is 221 g/mol. The van der Waals surface area contributed by atoms with Gasteiger partial charge in [-0.25, -0.2) is 4.39 Å². The molecule has 0 spiro atoms. The lowest BCUT2D eigenvalue weighted by Crippen LogP contribution is -2.02. The maximum Gasteiger partial charge on any atom is 0.131 e. The molecular formula is C13H14FNS. The first-order valence-corrected chi connectivity index (χ1v) is 6.02. The zero-order chi connectivity index (χ0) is 11.5. The van der Waals surface area contributed by atoms with Gasteiger partial charge in [0.25, 0.3) is 0 Å². The lowest BCUT2D eigenvalue weighted by molar-refractivity contribution is 0.631. The summed E-state index contributed by atoms with van der Waals surface area (Å²) in [5.41, 5.74) is 1.78. The molecule has 1 aromatic carbocycles. The molecule has 0 atom stereocenters. The molecule has 0 aliphatic heterocycles. The number of thiophene rings is 1. The van der Waals surface area contributed by atoms with E-state index >= 15 is 0 Å². The van der Waals surface area contributed by atoms with Crippen molar-refractivity contribution in [3.8, 4) is 10.4 Å². The van der Waals surface area contributed by atoms with Gasteiger partial charge in [-0.05, 0) is 38.2 Å². The molecule has 1 N–H and O–H groups in total. The van der Waals surface area contributed by atoms with Crippen LogP contribution >= 0.6 is 11.3 Å². The Balaban J connectivity index is 2.38. The minimum atomic E-state index is -0.150. The van der Waals surface area contributed by atoms with E-state index in [1.165, 1.54) is 10.9 Å². The number of halogens is 1. The lowest BCUT2D eigenvalue weighted by Gasteiger charge is -2.01. The highest BCUT2D eigenvalue weighted by Gasteiger charge is 2.07. The van der Waals surface area contributed by atoms with Crippen LogP contribution in [0.1, 0.15) is 10.4 Å². The second kappa shape index (κ2) is 4.76. The SMILES string of the molecule is CNCc1ccc(-c2cc(C)ccc2F)s1. The van der Waals surface area contributed by atoms with Crippen LogP contribution < -0.4 is 5.32 Å². The third-order valence-electron chi connectivity index (χ3n) is 2.40. The Morgan fingerprint density at radius 2 is 2.06 bits per heavy atom. The summed E-state index contributed by atoms with van der Waals surface area (Å²) in [7, 11) is 1.91. The lowest BCUT2D eigenvalue weighted by atomic mass is 10.1. The topological polar surface area (TPSA) is 12.0 Å². The molecule has 0 saturated carbocycles. The molecule has 1 aromatic heterocycles. The van der Waals surface area contributed by atoms with Crippen molar-refractivity contribution in [1.82, 2.24) is 5.32 Å². The summed E-state index contributed by atoms with van der Waals surface area (Å²) in [5, 5.41) is 3.09. The number of hydrogen-bond acceptors (Lipinski definition) is 2. The summed E-state index contributed by atoms with van der Waals surface area (Å²) < 4.78 is 13.6. The maximum atomic E-state index is 13.6. The third-order valence-corrected chi connectivity index (χ3v) is 3.52. The molecule has 16 heavy (non-hydrogen) atoms. The largest absolute Gasteiger partial charge is 0.315 e. The van der Waals surface area contributed by atoms with Gasteiger partial charge in [-0.15, -0.1) is 11.3 Å². The van der Waals surface area contributed by atoms with Crippen LogP contribution in [0.3, 0.4) is 0 Å². The van der Waals surface area contributed by atoms with Gasteiger partial charge < -0.3 is 5.32 Å². The van der Waals surface area contributed by atoms with Crippen LogP contribution in [0.15, 0.2) is 30.3 Å². The minimum absolute atomic E-state index is 0.150. The number of benzene rings is 1. The van der Waals surface area contributed by atoms with E-state index in [1.54, 1.807) is 17.4 Å². The van der Waals surface area contributed by atoms with E-state index in [-0.39, 0.29) is 5.82 Å². The molecule has 0 amide bonds. The first-order valence-electron chi connectivity index (χ1n) is 5.20. The molecule has 0 aliphatic rings. The Morgan fingerprint density at radius 1 is 1.25 bits per heavy atom. The summed E-state index contributed by atoms with van der Waals surface area (Å²) in [6.07, 6.45) is 0. The molecule has 1 heterocycles. The minimum Gasteiger partial charge on any atom is -0.315 e. The molecule has 1 nitrogen and oxygen atoms in total. The summed E-state index contributed by atoms with van der Waals surface area (Å²) in [5.74, 6) is -0.150. The smallest absolute Gasteiger partial charge is 0.131 e. The van der Waals surface area contributed by atoms with Crippen LogP contribution in [-0.4, -0.2) is 7.05 Å². The van der Waals surface area contributed by atoms with E-state index in [4.69, 9.17) is 0 Å². The molecule has 0 unspecified atom stereocenters. The molecule has 2 rings (SSSR count). The Hall–Kier alpha value is -1.19. The quantitative estimate of drug-likeness (QED) is 0.857. The number of nitrogens with one attached hydrogen (secondary N) is 1. The molecule has 0 bridgehead atoms. The number of aryl methyl sites for hydroxylation is 1. The fourth-order valence-electron chi connectivity index (χ4n) is 1.62. The molecule has 0 aliphatic carbocycles. The number of hydrogen-bond donors (Lipinski definition) is 1. The predicted molar refractivity (Wildman–Crippen MR) is 67.2 cm³/mol. The molecule has 84 valence electrons. The van der Waals surface area contributed by atoms with Gasteiger partial charge in [0.1, 0.15) is 5.82 Å². The van der Waals surface area contributed by atoms with Crippen molar-refractivity contribution in [3.05, 3.63) is 46.6 Å². The van der Waals surface area contributed by atoms with E-state index in [0.717, 1.165) is 17.0 Å². The Labute approximate surface area is 98.9 Å². The summed E-state index contributed by atoms with van der Waals surface area (Å²) in [4.78, 5) is 2.21. The Bertz CT molecular complexity index is 490. The zero-order valence-corrected chi connectivity index (χ0v) is 10.2. The van der Waals surface area contributed by atoms with E-state index < -0.39 is 0 Å². The Kier molecular flexibility index (Phi) is 3.36. The van der Waals surface area contributed by atoms with Gasteiger partial charge in [0, 0.05) is 21.9 Å². The highest BCUT2D eigenvalue weighted by molar-refractivity contribution is 7.15. The van der Waals surface area contributed by atoms with E-state index in [9.17, 15) is 4.39 Å².